The Bertz CT molecular complexity index is 1570. The number of pyridine rings is 2. The maximum Gasteiger partial charge on any atom is 0.220 e. The minimum absolute atomic E-state index is 0.522. The van der Waals surface area contributed by atoms with Gasteiger partial charge in [-0.05, 0) is 37.1 Å². The summed E-state index contributed by atoms with van der Waals surface area (Å²) in [5.74, 6) is 1.04. The first-order chi connectivity index (χ1) is 17.6. The molecule has 0 aliphatic rings. The van der Waals surface area contributed by atoms with Gasteiger partial charge < -0.3 is 8.83 Å². The summed E-state index contributed by atoms with van der Waals surface area (Å²) in [6.45, 7) is 5.67. The van der Waals surface area contributed by atoms with Crippen molar-refractivity contribution in [3.05, 3.63) is 119 Å². The Balaban J connectivity index is 1.32. The van der Waals surface area contributed by atoms with Crippen molar-refractivity contribution in [3.63, 3.8) is 0 Å². The first-order valence-corrected chi connectivity index (χ1v) is 12.0. The Morgan fingerprint density at radius 3 is 1.44 bits per heavy atom. The number of hydrogen-bond acceptors (Lipinski definition) is 4. The molecule has 36 heavy (non-hydrogen) atoms. The smallest absolute Gasteiger partial charge is 0.220 e. The van der Waals surface area contributed by atoms with Crippen molar-refractivity contribution < 1.29 is 18.0 Å². The molecule has 0 spiro atoms. The zero-order valence-corrected chi connectivity index (χ0v) is 20.3. The van der Waals surface area contributed by atoms with Gasteiger partial charge >= 0.3 is 0 Å². The summed E-state index contributed by atoms with van der Waals surface area (Å²) < 4.78 is 16.4. The molecule has 0 saturated heterocycles. The van der Waals surface area contributed by atoms with E-state index in [4.69, 9.17) is 18.8 Å². The van der Waals surface area contributed by atoms with Crippen LogP contribution in [0.15, 0.2) is 94.3 Å². The van der Waals surface area contributed by atoms with Gasteiger partial charge in [0, 0.05) is 47.5 Å². The number of benzene rings is 2. The summed E-state index contributed by atoms with van der Waals surface area (Å²) in [6, 6.07) is 20.2. The van der Waals surface area contributed by atoms with Gasteiger partial charge in [-0.15, -0.1) is 0 Å². The summed E-state index contributed by atoms with van der Waals surface area (Å²) in [5, 5.41) is 0. The maximum absolute atomic E-state index is 6.04. The average Bonchev–Trinajstić information content (AvgIpc) is 3.52. The molecule has 6 heteroatoms. The van der Waals surface area contributed by atoms with Crippen molar-refractivity contribution in [1.82, 2.24) is 9.97 Å². The number of rotatable bonds is 6. The van der Waals surface area contributed by atoms with Crippen LogP contribution < -0.4 is 9.13 Å². The number of aromatic nitrogens is 4. The molecule has 0 amide bonds. The van der Waals surface area contributed by atoms with E-state index in [1.165, 1.54) is 11.1 Å². The van der Waals surface area contributed by atoms with Crippen LogP contribution in [0.1, 0.15) is 34.0 Å². The lowest BCUT2D eigenvalue weighted by Gasteiger charge is -2.02. The van der Waals surface area contributed by atoms with Gasteiger partial charge in [0.2, 0.25) is 11.8 Å². The summed E-state index contributed by atoms with van der Waals surface area (Å²) >= 11 is 0. The molecule has 6 rings (SSSR count). The van der Waals surface area contributed by atoms with Crippen LogP contribution in [0.5, 0.6) is 0 Å². The summed E-state index contributed by atoms with van der Waals surface area (Å²) in [4.78, 5) is 9.57. The highest BCUT2D eigenvalue weighted by Crippen LogP contribution is 2.26. The first-order valence-electron chi connectivity index (χ1n) is 12.0. The lowest BCUT2D eigenvalue weighted by molar-refractivity contribution is -0.688. The van der Waals surface area contributed by atoms with Crippen LogP contribution in [0.2, 0.25) is 0 Å². The number of hydrogen-bond donors (Lipinski definition) is 0. The molecule has 176 valence electrons. The number of nitrogens with zero attached hydrogens (tertiary/aromatic N) is 4. The minimum atomic E-state index is 0.522. The number of aryl methyl sites for hydroxylation is 2. The summed E-state index contributed by atoms with van der Waals surface area (Å²) in [7, 11) is 0. The topological polar surface area (TPSA) is 59.8 Å². The molecular formula is C30H26N4O2+2. The van der Waals surface area contributed by atoms with E-state index in [-0.39, 0.29) is 0 Å². The molecule has 0 atom stereocenters. The van der Waals surface area contributed by atoms with E-state index in [0.29, 0.717) is 11.8 Å². The molecule has 4 heterocycles. The van der Waals surface area contributed by atoms with Crippen LogP contribution in [0.3, 0.4) is 0 Å². The Labute approximate surface area is 208 Å². The molecule has 0 bridgehead atoms. The van der Waals surface area contributed by atoms with E-state index >= 15 is 0 Å². The van der Waals surface area contributed by atoms with Gasteiger partial charge in [0.05, 0.1) is 0 Å². The number of oxazole rings is 2. The predicted octanol–water partition coefficient (Wildman–Crippen LogP) is 5.43. The molecular weight excluding hydrogens is 448 g/mol. The van der Waals surface area contributed by atoms with E-state index in [0.717, 1.165) is 46.4 Å². The lowest BCUT2D eigenvalue weighted by Crippen LogP contribution is -2.33. The molecule has 0 unspecified atom stereocenters. The molecule has 0 aliphatic carbocycles. The second-order valence-corrected chi connectivity index (χ2v) is 8.95. The largest absolute Gasteiger partial charge is 0.437 e. The van der Waals surface area contributed by atoms with Gasteiger partial charge in [0.15, 0.2) is 49.0 Å². The van der Waals surface area contributed by atoms with Gasteiger partial charge in [0.25, 0.3) is 0 Å². The van der Waals surface area contributed by atoms with Crippen LogP contribution in [-0.4, -0.2) is 9.97 Å². The molecule has 0 saturated carbocycles. The molecule has 4 aromatic heterocycles. The summed E-state index contributed by atoms with van der Waals surface area (Å²) in [5.41, 5.74) is 7.94. The fraction of sp³-hybridized carbons (Fsp3) is 0.133. The van der Waals surface area contributed by atoms with Gasteiger partial charge in [0.1, 0.15) is 11.0 Å². The van der Waals surface area contributed by atoms with Crippen molar-refractivity contribution in [2.24, 2.45) is 0 Å². The minimum Gasteiger partial charge on any atom is -0.437 e. The SMILES string of the molecule is Cc1ccc2oc(/C=C/c3nc4c(C[n+]5ccccc5)c(C)ccc4o3)nc2c1C[n+]1ccccc1. The highest BCUT2D eigenvalue weighted by molar-refractivity contribution is 5.82. The van der Waals surface area contributed by atoms with Crippen molar-refractivity contribution in [3.8, 4) is 0 Å². The lowest BCUT2D eigenvalue weighted by atomic mass is 10.1. The summed E-state index contributed by atoms with van der Waals surface area (Å²) in [6.07, 6.45) is 11.9. The van der Waals surface area contributed by atoms with Crippen LogP contribution in [0.25, 0.3) is 34.4 Å². The maximum atomic E-state index is 6.04. The van der Waals surface area contributed by atoms with Gasteiger partial charge in [-0.1, -0.05) is 24.3 Å². The second-order valence-electron chi connectivity index (χ2n) is 8.95. The van der Waals surface area contributed by atoms with Crippen LogP contribution in [0, 0.1) is 13.8 Å². The Kier molecular flexibility index (Phi) is 5.62. The standard InChI is InChI=1S/C30H26N4O2/c1-21-9-11-25-29(23(21)19-33-15-5-3-6-16-33)31-27(35-25)13-14-28-32-30-24(20-34-17-7-4-8-18-34)22(2)10-12-26(30)36-28/h3-18H,19-20H2,1-2H3/q+2/b14-13+. The van der Waals surface area contributed by atoms with Crippen molar-refractivity contribution in [1.29, 1.82) is 0 Å². The predicted molar refractivity (Wildman–Crippen MR) is 138 cm³/mol. The van der Waals surface area contributed by atoms with Gasteiger partial charge in [-0.2, -0.15) is 0 Å². The highest BCUT2D eigenvalue weighted by Gasteiger charge is 2.17. The van der Waals surface area contributed by atoms with E-state index in [9.17, 15) is 0 Å². The highest BCUT2D eigenvalue weighted by atomic mass is 16.4. The van der Waals surface area contributed by atoms with Gasteiger partial charge in [-0.25, -0.2) is 19.1 Å². The first kappa shape index (κ1) is 21.9. The van der Waals surface area contributed by atoms with E-state index < -0.39 is 0 Å². The Morgan fingerprint density at radius 1 is 0.611 bits per heavy atom. The van der Waals surface area contributed by atoms with E-state index in [2.05, 4.69) is 59.9 Å². The molecule has 0 radical (unpaired) electrons. The zero-order chi connectivity index (χ0) is 24.5. The molecule has 2 aromatic carbocycles. The molecule has 0 fully saturated rings. The molecule has 0 N–H and O–H groups in total. The Hall–Kier alpha value is -4.58. The fourth-order valence-electron chi connectivity index (χ4n) is 4.46. The quantitative estimate of drug-likeness (QED) is 0.302. The van der Waals surface area contributed by atoms with E-state index in [1.54, 1.807) is 0 Å². The Morgan fingerprint density at radius 2 is 1.03 bits per heavy atom. The third kappa shape index (κ3) is 4.29. The fourth-order valence-corrected chi connectivity index (χ4v) is 4.46. The van der Waals surface area contributed by atoms with Crippen LogP contribution in [0.4, 0.5) is 0 Å². The van der Waals surface area contributed by atoms with Crippen molar-refractivity contribution in [2.45, 2.75) is 26.9 Å². The third-order valence-electron chi connectivity index (χ3n) is 6.44. The number of fused-ring (bicyclic) bond motifs is 2. The van der Waals surface area contributed by atoms with Crippen LogP contribution in [-0.2, 0) is 13.1 Å². The molecule has 6 aromatic rings. The third-order valence-corrected chi connectivity index (χ3v) is 6.44. The zero-order valence-electron chi connectivity index (χ0n) is 20.3. The second kappa shape index (κ2) is 9.23. The molecule has 6 nitrogen and oxygen atoms in total. The van der Waals surface area contributed by atoms with Crippen molar-refractivity contribution >= 4 is 34.4 Å². The van der Waals surface area contributed by atoms with Gasteiger partial charge in [-0.3, -0.25) is 0 Å². The molecule has 0 aliphatic heterocycles. The van der Waals surface area contributed by atoms with Crippen LogP contribution >= 0.6 is 0 Å². The van der Waals surface area contributed by atoms with Crippen molar-refractivity contribution in [2.75, 3.05) is 0 Å². The van der Waals surface area contributed by atoms with E-state index in [1.807, 2.05) is 60.7 Å². The monoisotopic (exact) mass is 474 g/mol. The average molecular weight is 475 g/mol. The normalized spacial score (nSPS) is 11.7.